The highest BCUT2D eigenvalue weighted by molar-refractivity contribution is 7.91. The number of sulfone groups is 1. The normalized spacial score (nSPS) is 20.4. The summed E-state index contributed by atoms with van der Waals surface area (Å²) in [5, 5.41) is 8.24. The van der Waals surface area contributed by atoms with E-state index in [1.807, 2.05) is 37.6 Å². The van der Waals surface area contributed by atoms with Gasteiger partial charge in [-0.05, 0) is 32.0 Å². The minimum Gasteiger partial charge on any atom is -0.418 e. The first-order valence-corrected chi connectivity index (χ1v) is 9.61. The van der Waals surface area contributed by atoms with Gasteiger partial charge in [-0.15, -0.1) is 10.2 Å². The van der Waals surface area contributed by atoms with Gasteiger partial charge in [0.25, 0.3) is 5.89 Å². The number of hydrogen-bond donors (Lipinski definition) is 0. The third-order valence-corrected chi connectivity index (χ3v) is 6.28. The lowest BCUT2D eigenvalue weighted by Crippen LogP contribution is -2.35. The molecule has 1 aliphatic rings. The van der Waals surface area contributed by atoms with E-state index >= 15 is 0 Å². The van der Waals surface area contributed by atoms with Crippen LogP contribution in [0, 0.1) is 6.92 Å². The minimum absolute atomic E-state index is 0.0395. The first-order chi connectivity index (χ1) is 10.9. The van der Waals surface area contributed by atoms with E-state index in [0.29, 0.717) is 24.7 Å². The van der Waals surface area contributed by atoms with Crippen molar-refractivity contribution in [3.8, 4) is 11.6 Å². The van der Waals surface area contributed by atoms with E-state index in [1.165, 1.54) is 0 Å². The molecule has 23 heavy (non-hydrogen) atoms. The Balaban J connectivity index is 1.74. The lowest BCUT2D eigenvalue weighted by Gasteiger charge is -2.24. The maximum absolute atomic E-state index is 11.7. The predicted molar refractivity (Wildman–Crippen MR) is 86.6 cm³/mol. The molecule has 0 unspecified atom stereocenters. The van der Waals surface area contributed by atoms with Crippen molar-refractivity contribution in [2.45, 2.75) is 32.9 Å². The molecule has 0 bridgehead atoms. The van der Waals surface area contributed by atoms with Gasteiger partial charge in [0.05, 0.1) is 18.1 Å². The van der Waals surface area contributed by atoms with Crippen molar-refractivity contribution >= 4 is 9.84 Å². The maximum Gasteiger partial charge on any atom is 0.264 e. The molecule has 0 aliphatic carbocycles. The topological polar surface area (TPSA) is 81.2 Å². The molecule has 0 spiro atoms. The lowest BCUT2D eigenvalue weighted by molar-refractivity contribution is 0.195. The van der Waals surface area contributed by atoms with Crippen molar-refractivity contribution < 1.29 is 12.8 Å². The first kappa shape index (κ1) is 16.2. The molecule has 2 aromatic rings. The smallest absolute Gasteiger partial charge is 0.264 e. The highest BCUT2D eigenvalue weighted by Crippen LogP contribution is 2.22. The van der Waals surface area contributed by atoms with Gasteiger partial charge in [0.1, 0.15) is 5.69 Å². The Morgan fingerprint density at radius 3 is 2.74 bits per heavy atom. The highest BCUT2D eigenvalue weighted by Gasteiger charge is 2.32. The van der Waals surface area contributed by atoms with E-state index < -0.39 is 9.84 Å². The SMILES string of the molecule is CCN(Cc1nnc(-c2ccc(C)n2C)o1)[C@@H]1CCS(=O)(=O)C1. The van der Waals surface area contributed by atoms with Crippen LogP contribution < -0.4 is 0 Å². The van der Waals surface area contributed by atoms with Crippen molar-refractivity contribution in [2.24, 2.45) is 7.05 Å². The summed E-state index contributed by atoms with van der Waals surface area (Å²) in [4.78, 5) is 2.10. The Kier molecular flexibility index (Phi) is 4.29. The Bertz CT molecular complexity index is 794. The van der Waals surface area contributed by atoms with Crippen LogP contribution in [-0.4, -0.2) is 52.2 Å². The van der Waals surface area contributed by atoms with E-state index in [2.05, 4.69) is 15.1 Å². The largest absolute Gasteiger partial charge is 0.418 e. The van der Waals surface area contributed by atoms with Gasteiger partial charge in [-0.25, -0.2) is 8.42 Å². The predicted octanol–water partition coefficient (Wildman–Crippen LogP) is 1.39. The van der Waals surface area contributed by atoms with Gasteiger partial charge in [-0.3, -0.25) is 4.90 Å². The summed E-state index contributed by atoms with van der Waals surface area (Å²) >= 11 is 0. The van der Waals surface area contributed by atoms with E-state index in [4.69, 9.17) is 4.42 Å². The molecule has 8 heteroatoms. The van der Waals surface area contributed by atoms with E-state index in [0.717, 1.165) is 17.9 Å². The molecule has 0 amide bonds. The summed E-state index contributed by atoms with van der Waals surface area (Å²) in [6.45, 7) is 5.26. The van der Waals surface area contributed by atoms with Crippen LogP contribution in [0.15, 0.2) is 16.5 Å². The summed E-state index contributed by atoms with van der Waals surface area (Å²) in [5.74, 6) is 1.50. The zero-order valence-electron chi connectivity index (χ0n) is 13.7. The Morgan fingerprint density at radius 2 is 2.17 bits per heavy atom. The summed E-state index contributed by atoms with van der Waals surface area (Å²) in [5.41, 5.74) is 2.00. The van der Waals surface area contributed by atoms with E-state index in [1.54, 1.807) is 0 Å². The second kappa shape index (κ2) is 6.09. The van der Waals surface area contributed by atoms with Crippen LogP contribution in [0.1, 0.15) is 24.9 Å². The number of aryl methyl sites for hydroxylation is 1. The Hall–Kier alpha value is -1.67. The quantitative estimate of drug-likeness (QED) is 0.819. The van der Waals surface area contributed by atoms with Gasteiger partial charge in [0.15, 0.2) is 9.84 Å². The number of nitrogens with zero attached hydrogens (tertiary/aromatic N) is 4. The van der Waals surface area contributed by atoms with Gasteiger partial charge in [-0.1, -0.05) is 6.92 Å². The fourth-order valence-corrected chi connectivity index (χ4v) is 4.75. The molecule has 1 saturated heterocycles. The monoisotopic (exact) mass is 338 g/mol. The average molecular weight is 338 g/mol. The van der Waals surface area contributed by atoms with Gasteiger partial charge in [-0.2, -0.15) is 0 Å². The third-order valence-electron chi connectivity index (χ3n) is 4.53. The molecular formula is C15H22N4O3S. The molecule has 1 atom stereocenters. The fourth-order valence-electron chi connectivity index (χ4n) is 2.99. The van der Waals surface area contributed by atoms with Crippen molar-refractivity contribution in [1.29, 1.82) is 0 Å². The molecular weight excluding hydrogens is 316 g/mol. The molecule has 0 aromatic carbocycles. The summed E-state index contributed by atoms with van der Waals surface area (Å²) in [6, 6.07) is 3.99. The Morgan fingerprint density at radius 1 is 1.39 bits per heavy atom. The van der Waals surface area contributed by atoms with Gasteiger partial charge < -0.3 is 8.98 Å². The third kappa shape index (κ3) is 3.32. The second-order valence-electron chi connectivity index (χ2n) is 6.04. The highest BCUT2D eigenvalue weighted by atomic mass is 32.2. The molecule has 0 saturated carbocycles. The molecule has 0 radical (unpaired) electrons. The van der Waals surface area contributed by atoms with Crippen LogP contribution in [0.5, 0.6) is 0 Å². The molecule has 3 rings (SSSR count). The molecule has 0 N–H and O–H groups in total. The van der Waals surface area contributed by atoms with Gasteiger partial charge in [0.2, 0.25) is 5.89 Å². The number of aromatic nitrogens is 3. The zero-order chi connectivity index (χ0) is 16.6. The standard InChI is InChI=1S/C15H22N4O3S/c1-4-19(12-7-8-23(20,21)10-12)9-14-16-17-15(22-14)13-6-5-11(2)18(13)3/h5-6,12H,4,7-10H2,1-3H3/t12-/m1/s1. The van der Waals surface area contributed by atoms with Crippen molar-refractivity contribution in [3.63, 3.8) is 0 Å². The van der Waals surface area contributed by atoms with Gasteiger partial charge >= 0.3 is 0 Å². The van der Waals surface area contributed by atoms with E-state index in [-0.39, 0.29) is 17.5 Å². The van der Waals surface area contributed by atoms with Gasteiger partial charge in [0, 0.05) is 18.8 Å². The van der Waals surface area contributed by atoms with Crippen LogP contribution in [0.25, 0.3) is 11.6 Å². The van der Waals surface area contributed by atoms with Crippen LogP contribution in [-0.2, 0) is 23.4 Å². The zero-order valence-corrected chi connectivity index (χ0v) is 14.5. The molecule has 1 fully saturated rings. The molecule has 3 heterocycles. The average Bonchev–Trinajstić information content (AvgIpc) is 3.18. The molecule has 2 aromatic heterocycles. The molecule has 1 aliphatic heterocycles. The fraction of sp³-hybridized carbons (Fsp3) is 0.600. The first-order valence-electron chi connectivity index (χ1n) is 7.79. The maximum atomic E-state index is 11.7. The lowest BCUT2D eigenvalue weighted by atomic mass is 10.2. The van der Waals surface area contributed by atoms with Crippen LogP contribution in [0.3, 0.4) is 0 Å². The number of hydrogen-bond acceptors (Lipinski definition) is 6. The Labute approximate surface area is 136 Å². The minimum atomic E-state index is -2.90. The summed E-state index contributed by atoms with van der Waals surface area (Å²) in [6.07, 6.45) is 0.675. The van der Waals surface area contributed by atoms with Crippen molar-refractivity contribution in [3.05, 3.63) is 23.7 Å². The summed E-state index contributed by atoms with van der Waals surface area (Å²) in [7, 11) is -0.941. The van der Waals surface area contributed by atoms with Crippen molar-refractivity contribution in [2.75, 3.05) is 18.1 Å². The van der Waals surface area contributed by atoms with Crippen molar-refractivity contribution in [1.82, 2.24) is 19.7 Å². The van der Waals surface area contributed by atoms with Crippen LogP contribution >= 0.6 is 0 Å². The number of rotatable bonds is 5. The second-order valence-corrected chi connectivity index (χ2v) is 8.27. The van der Waals surface area contributed by atoms with Crippen LogP contribution in [0.4, 0.5) is 0 Å². The van der Waals surface area contributed by atoms with Crippen LogP contribution in [0.2, 0.25) is 0 Å². The summed E-state index contributed by atoms with van der Waals surface area (Å²) < 4.78 is 31.1. The molecule has 7 nitrogen and oxygen atoms in total. The van der Waals surface area contributed by atoms with E-state index in [9.17, 15) is 8.42 Å². The molecule has 126 valence electrons.